The summed E-state index contributed by atoms with van der Waals surface area (Å²) in [5.41, 5.74) is 0. The first kappa shape index (κ1) is 10.2. The molecule has 1 N–H and O–H groups in total. The van der Waals surface area contributed by atoms with Crippen molar-refractivity contribution >= 4 is 6.03 Å². The highest BCUT2D eigenvalue weighted by molar-refractivity contribution is 5.72. The monoisotopic (exact) mass is 122 g/mol. The van der Waals surface area contributed by atoms with Crippen molar-refractivity contribution in [2.75, 3.05) is 21.1 Å². The van der Waals surface area contributed by atoms with Crippen molar-refractivity contribution in [1.29, 1.82) is 0 Å². The van der Waals surface area contributed by atoms with Gasteiger partial charge in [-0.25, -0.2) is 4.79 Å². The van der Waals surface area contributed by atoms with Gasteiger partial charge in [-0.2, -0.15) is 0 Å². The normalized spacial score (nSPS) is 6.88. The summed E-state index contributed by atoms with van der Waals surface area (Å²) in [7, 11) is 4.99. The number of nitrogens with zero attached hydrogens (tertiary/aromatic N) is 1. The molecule has 0 aliphatic rings. The molecule has 0 rings (SSSR count). The second-order valence-corrected chi connectivity index (χ2v) is 1.45. The maximum atomic E-state index is 10.3. The van der Waals surface area contributed by atoms with Crippen molar-refractivity contribution in [2.45, 2.75) is 0 Å². The summed E-state index contributed by atoms with van der Waals surface area (Å²) in [6.45, 7) is 0. The van der Waals surface area contributed by atoms with Crippen LogP contribution in [0.5, 0.6) is 0 Å². The quantitative estimate of drug-likeness (QED) is 0.483. The van der Waals surface area contributed by atoms with Crippen LogP contribution in [0.15, 0.2) is 0 Å². The van der Waals surface area contributed by atoms with Crippen LogP contribution in [0.25, 0.3) is 0 Å². The minimum absolute atomic E-state index is 0. The first-order chi connectivity index (χ1) is 3.18. The first-order valence-corrected chi connectivity index (χ1v) is 2.07. The highest BCUT2D eigenvalue weighted by Crippen LogP contribution is 1.70. The number of urea groups is 1. The highest BCUT2D eigenvalue weighted by atomic mass is 19.0. The summed E-state index contributed by atoms with van der Waals surface area (Å²) < 4.78 is 0. The van der Waals surface area contributed by atoms with Gasteiger partial charge < -0.3 is 10.2 Å². The molecule has 0 aromatic heterocycles. The highest BCUT2D eigenvalue weighted by Gasteiger charge is 1.94. The molecule has 0 bridgehead atoms. The fourth-order valence-corrected chi connectivity index (χ4v) is 0.224. The van der Waals surface area contributed by atoms with Gasteiger partial charge in [0.15, 0.2) is 0 Å². The number of amides is 2. The molecular weight excluding hydrogens is 111 g/mol. The van der Waals surface area contributed by atoms with E-state index in [1.807, 2.05) is 0 Å². The van der Waals surface area contributed by atoms with E-state index in [-0.39, 0.29) is 10.7 Å². The number of hydrogen-bond donors (Lipinski definition) is 1. The maximum absolute atomic E-state index is 10.3. The van der Waals surface area contributed by atoms with Gasteiger partial charge in [0.2, 0.25) is 0 Å². The molecule has 0 fully saturated rings. The Bertz CT molecular complexity index is 74.4. The molecule has 0 radical (unpaired) electrons. The van der Waals surface area contributed by atoms with E-state index in [0.29, 0.717) is 0 Å². The zero-order valence-electron chi connectivity index (χ0n) is 5.26. The number of rotatable bonds is 0. The van der Waals surface area contributed by atoms with Crippen LogP contribution in [-0.4, -0.2) is 32.1 Å². The lowest BCUT2D eigenvalue weighted by atomic mass is 10.8. The zero-order valence-corrected chi connectivity index (χ0v) is 5.26. The molecule has 0 heterocycles. The summed E-state index contributed by atoms with van der Waals surface area (Å²) in [5, 5.41) is 2.45. The number of carbonyl (C=O) groups is 1. The molecular formula is C4H11FN2O. The standard InChI is InChI=1S/C4H10N2O.FH/c1-5-4(7)6(2)3;/h1-3H3,(H,5,7);1H. The van der Waals surface area contributed by atoms with Crippen molar-refractivity contribution in [2.24, 2.45) is 0 Å². The van der Waals surface area contributed by atoms with Crippen LogP contribution in [0.1, 0.15) is 0 Å². The molecule has 0 aliphatic heterocycles. The number of nitrogens with one attached hydrogen (secondary N) is 1. The molecule has 0 atom stereocenters. The fourth-order valence-electron chi connectivity index (χ4n) is 0.224. The molecule has 0 aromatic carbocycles. The van der Waals surface area contributed by atoms with Crippen LogP contribution in [0, 0.1) is 0 Å². The lowest BCUT2D eigenvalue weighted by Gasteiger charge is -2.06. The Kier molecular flexibility index (Phi) is 5.58. The SMILES string of the molecule is CNC(=O)N(C)C.F. The lowest BCUT2D eigenvalue weighted by molar-refractivity contribution is 0.219. The molecule has 8 heavy (non-hydrogen) atoms. The Morgan fingerprint density at radius 1 is 1.50 bits per heavy atom. The number of halogens is 1. The minimum atomic E-state index is -0.0694. The van der Waals surface area contributed by atoms with E-state index in [1.54, 1.807) is 21.1 Å². The van der Waals surface area contributed by atoms with Gasteiger partial charge >= 0.3 is 6.03 Å². The second-order valence-electron chi connectivity index (χ2n) is 1.45. The zero-order chi connectivity index (χ0) is 5.86. The van der Waals surface area contributed by atoms with Gasteiger partial charge in [0.25, 0.3) is 0 Å². The van der Waals surface area contributed by atoms with Crippen LogP contribution >= 0.6 is 0 Å². The van der Waals surface area contributed by atoms with E-state index in [1.165, 1.54) is 4.90 Å². The summed E-state index contributed by atoms with van der Waals surface area (Å²) in [5.74, 6) is 0. The van der Waals surface area contributed by atoms with Gasteiger partial charge in [0, 0.05) is 21.1 Å². The van der Waals surface area contributed by atoms with E-state index in [2.05, 4.69) is 5.32 Å². The van der Waals surface area contributed by atoms with Crippen LogP contribution in [0.2, 0.25) is 0 Å². The summed E-state index contributed by atoms with van der Waals surface area (Å²) in [4.78, 5) is 11.8. The number of carbonyl (C=O) groups excluding carboxylic acids is 1. The lowest BCUT2D eigenvalue weighted by Crippen LogP contribution is -2.31. The van der Waals surface area contributed by atoms with E-state index in [4.69, 9.17) is 0 Å². The first-order valence-electron chi connectivity index (χ1n) is 2.07. The predicted octanol–water partition coefficient (Wildman–Crippen LogP) is 0.0399. The van der Waals surface area contributed by atoms with Gasteiger partial charge in [0.1, 0.15) is 0 Å². The number of hydrogen-bond acceptors (Lipinski definition) is 1. The Morgan fingerprint density at radius 3 is 1.88 bits per heavy atom. The van der Waals surface area contributed by atoms with Crippen molar-refractivity contribution < 1.29 is 9.50 Å². The summed E-state index contributed by atoms with van der Waals surface area (Å²) in [6.07, 6.45) is 0. The maximum Gasteiger partial charge on any atom is 0.316 e. The molecule has 0 saturated carbocycles. The molecule has 3 nitrogen and oxygen atoms in total. The second kappa shape index (κ2) is 4.36. The summed E-state index contributed by atoms with van der Waals surface area (Å²) in [6, 6.07) is -0.0694. The molecule has 50 valence electrons. The molecule has 0 saturated heterocycles. The topological polar surface area (TPSA) is 32.3 Å². The van der Waals surface area contributed by atoms with Crippen molar-refractivity contribution in [3.8, 4) is 0 Å². The van der Waals surface area contributed by atoms with Gasteiger partial charge in [-0.15, -0.1) is 0 Å². The average molecular weight is 122 g/mol. The van der Waals surface area contributed by atoms with E-state index >= 15 is 0 Å². The molecule has 2 amide bonds. The predicted molar refractivity (Wildman–Crippen MR) is 30.6 cm³/mol. The van der Waals surface area contributed by atoms with Crippen molar-refractivity contribution in [3.05, 3.63) is 0 Å². The van der Waals surface area contributed by atoms with E-state index in [9.17, 15) is 4.79 Å². The van der Waals surface area contributed by atoms with Gasteiger partial charge in [-0.3, -0.25) is 4.70 Å². The Morgan fingerprint density at radius 2 is 1.88 bits per heavy atom. The van der Waals surface area contributed by atoms with Crippen LogP contribution in [-0.2, 0) is 0 Å². The van der Waals surface area contributed by atoms with Crippen LogP contribution in [0.3, 0.4) is 0 Å². The third-order valence-electron chi connectivity index (χ3n) is 0.620. The Hall–Kier alpha value is -0.800. The largest absolute Gasteiger partial charge is 0.341 e. The summed E-state index contributed by atoms with van der Waals surface area (Å²) >= 11 is 0. The molecule has 4 heteroatoms. The van der Waals surface area contributed by atoms with Crippen molar-refractivity contribution in [3.63, 3.8) is 0 Å². The third kappa shape index (κ3) is 3.39. The molecule has 0 spiro atoms. The Balaban J connectivity index is 0. The Labute approximate surface area is 48.0 Å². The third-order valence-corrected chi connectivity index (χ3v) is 0.620. The minimum Gasteiger partial charge on any atom is -0.341 e. The molecule has 0 aliphatic carbocycles. The van der Waals surface area contributed by atoms with Crippen LogP contribution < -0.4 is 5.32 Å². The van der Waals surface area contributed by atoms with E-state index in [0.717, 1.165) is 0 Å². The molecule has 0 aromatic rings. The van der Waals surface area contributed by atoms with Crippen molar-refractivity contribution in [1.82, 2.24) is 10.2 Å². The van der Waals surface area contributed by atoms with Gasteiger partial charge in [-0.1, -0.05) is 0 Å². The molecule has 0 unspecified atom stereocenters. The smallest absolute Gasteiger partial charge is 0.316 e. The van der Waals surface area contributed by atoms with Crippen LogP contribution in [0.4, 0.5) is 9.50 Å². The van der Waals surface area contributed by atoms with Gasteiger partial charge in [0.05, 0.1) is 0 Å². The van der Waals surface area contributed by atoms with Gasteiger partial charge in [-0.05, 0) is 0 Å². The fraction of sp³-hybridized carbons (Fsp3) is 0.750. The van der Waals surface area contributed by atoms with E-state index < -0.39 is 0 Å². The average Bonchev–Trinajstić information content (AvgIpc) is 1.65.